The van der Waals surface area contributed by atoms with Crippen LogP contribution in [0.15, 0.2) is 30.3 Å². The highest BCUT2D eigenvalue weighted by molar-refractivity contribution is 7.98. The molecule has 0 bridgehead atoms. The minimum absolute atomic E-state index is 0.00213. The van der Waals surface area contributed by atoms with E-state index in [9.17, 15) is 4.79 Å². The summed E-state index contributed by atoms with van der Waals surface area (Å²) in [6, 6.07) is 9.47. The monoisotopic (exact) mass is 224 g/mol. The number of thioether (sulfide) groups is 1. The highest BCUT2D eigenvalue weighted by Crippen LogP contribution is 2.03. The number of rotatable bonds is 6. The first-order valence-corrected chi connectivity index (χ1v) is 6.27. The number of amides is 1. The van der Waals surface area contributed by atoms with Gasteiger partial charge in [-0.05, 0) is 18.4 Å². The van der Waals surface area contributed by atoms with Crippen LogP contribution in [0.3, 0.4) is 0 Å². The van der Waals surface area contributed by atoms with Crippen LogP contribution in [-0.4, -0.2) is 31.0 Å². The number of nitrogens with one attached hydrogen (secondary N) is 2. The zero-order valence-corrected chi connectivity index (χ0v) is 9.64. The highest BCUT2D eigenvalue weighted by atomic mass is 32.2. The molecule has 0 unspecified atom stereocenters. The standard InChI is InChI=1S/C11H16N2OS/c1-15-8-7-12-9-11(14)13-10-5-3-2-4-6-10/h2-6,12H,7-9H2,1H3,(H,13,14). The molecule has 1 rings (SSSR count). The molecule has 0 saturated heterocycles. The van der Waals surface area contributed by atoms with Crippen molar-refractivity contribution in [3.8, 4) is 0 Å². The Morgan fingerprint density at radius 2 is 2.07 bits per heavy atom. The largest absolute Gasteiger partial charge is 0.325 e. The van der Waals surface area contributed by atoms with Crippen molar-refractivity contribution < 1.29 is 4.79 Å². The molecule has 1 aromatic rings. The summed E-state index contributed by atoms with van der Waals surface area (Å²) in [4.78, 5) is 11.4. The molecule has 0 atom stereocenters. The van der Waals surface area contributed by atoms with Gasteiger partial charge >= 0.3 is 0 Å². The van der Waals surface area contributed by atoms with Gasteiger partial charge in [-0.15, -0.1) is 0 Å². The van der Waals surface area contributed by atoms with Crippen molar-refractivity contribution in [2.45, 2.75) is 0 Å². The van der Waals surface area contributed by atoms with Crippen molar-refractivity contribution in [2.24, 2.45) is 0 Å². The maximum absolute atomic E-state index is 11.4. The molecule has 15 heavy (non-hydrogen) atoms. The molecule has 4 heteroatoms. The van der Waals surface area contributed by atoms with Crippen LogP contribution >= 0.6 is 11.8 Å². The lowest BCUT2D eigenvalue weighted by atomic mass is 10.3. The van der Waals surface area contributed by atoms with Crippen molar-refractivity contribution in [1.82, 2.24) is 5.32 Å². The summed E-state index contributed by atoms with van der Waals surface area (Å²) < 4.78 is 0. The third-order valence-corrected chi connectivity index (χ3v) is 2.44. The van der Waals surface area contributed by atoms with Crippen LogP contribution < -0.4 is 10.6 Å². The number of hydrogen-bond donors (Lipinski definition) is 2. The van der Waals surface area contributed by atoms with Crippen LogP contribution in [0, 0.1) is 0 Å². The molecule has 2 N–H and O–H groups in total. The summed E-state index contributed by atoms with van der Waals surface area (Å²) in [6.45, 7) is 1.23. The molecular weight excluding hydrogens is 208 g/mol. The third-order valence-electron chi connectivity index (χ3n) is 1.83. The third kappa shape index (κ3) is 5.44. The molecule has 0 saturated carbocycles. The van der Waals surface area contributed by atoms with E-state index in [2.05, 4.69) is 10.6 Å². The predicted molar refractivity (Wildman–Crippen MR) is 66.3 cm³/mol. The second-order valence-electron chi connectivity index (χ2n) is 3.08. The topological polar surface area (TPSA) is 41.1 Å². The van der Waals surface area contributed by atoms with Gasteiger partial charge in [0.1, 0.15) is 0 Å². The van der Waals surface area contributed by atoms with E-state index in [0.717, 1.165) is 18.0 Å². The van der Waals surface area contributed by atoms with Crippen LogP contribution in [0.25, 0.3) is 0 Å². The van der Waals surface area contributed by atoms with Gasteiger partial charge in [0.05, 0.1) is 6.54 Å². The fourth-order valence-electron chi connectivity index (χ4n) is 1.10. The average molecular weight is 224 g/mol. The molecule has 0 aliphatic rings. The van der Waals surface area contributed by atoms with Gasteiger partial charge < -0.3 is 10.6 Å². The Labute approximate surface area is 94.6 Å². The maximum Gasteiger partial charge on any atom is 0.238 e. The van der Waals surface area contributed by atoms with Crippen LogP contribution in [0.4, 0.5) is 5.69 Å². The second-order valence-corrected chi connectivity index (χ2v) is 4.07. The van der Waals surface area contributed by atoms with E-state index in [1.165, 1.54) is 0 Å². The average Bonchev–Trinajstić information content (AvgIpc) is 2.26. The van der Waals surface area contributed by atoms with E-state index >= 15 is 0 Å². The number of anilines is 1. The number of carbonyl (C=O) groups is 1. The summed E-state index contributed by atoms with van der Waals surface area (Å²) in [5, 5.41) is 5.88. The van der Waals surface area contributed by atoms with Crippen LogP contribution in [0.1, 0.15) is 0 Å². The van der Waals surface area contributed by atoms with Gasteiger partial charge in [0.2, 0.25) is 5.91 Å². The predicted octanol–water partition coefficient (Wildman–Crippen LogP) is 1.58. The van der Waals surface area contributed by atoms with E-state index in [0.29, 0.717) is 6.54 Å². The lowest BCUT2D eigenvalue weighted by molar-refractivity contribution is -0.115. The first kappa shape index (κ1) is 12.1. The quantitative estimate of drug-likeness (QED) is 0.721. The summed E-state index contributed by atoms with van der Waals surface area (Å²) in [6.07, 6.45) is 2.05. The molecular formula is C11H16N2OS. The molecule has 0 aliphatic heterocycles. The van der Waals surface area contributed by atoms with E-state index in [-0.39, 0.29) is 5.91 Å². The molecule has 0 fully saturated rings. The Hall–Kier alpha value is -1.00. The van der Waals surface area contributed by atoms with Crippen LogP contribution in [-0.2, 0) is 4.79 Å². The van der Waals surface area contributed by atoms with Gasteiger partial charge in [0, 0.05) is 18.0 Å². The van der Waals surface area contributed by atoms with E-state index < -0.39 is 0 Å². The Kier molecular flexibility index (Phi) is 5.88. The van der Waals surface area contributed by atoms with Gasteiger partial charge in [-0.1, -0.05) is 18.2 Å². The molecule has 0 heterocycles. The Balaban J connectivity index is 2.19. The first-order valence-electron chi connectivity index (χ1n) is 4.87. The zero-order valence-electron chi connectivity index (χ0n) is 8.82. The number of benzene rings is 1. The Morgan fingerprint density at radius 1 is 1.33 bits per heavy atom. The van der Waals surface area contributed by atoms with Crippen LogP contribution in [0.2, 0.25) is 0 Å². The Morgan fingerprint density at radius 3 is 2.73 bits per heavy atom. The number of carbonyl (C=O) groups excluding carboxylic acids is 1. The van der Waals surface area contributed by atoms with Gasteiger partial charge in [-0.2, -0.15) is 11.8 Å². The lowest BCUT2D eigenvalue weighted by Crippen LogP contribution is -2.29. The van der Waals surface area contributed by atoms with Crippen molar-refractivity contribution >= 4 is 23.4 Å². The van der Waals surface area contributed by atoms with Crippen molar-refractivity contribution in [2.75, 3.05) is 30.4 Å². The van der Waals surface area contributed by atoms with Gasteiger partial charge in [-0.3, -0.25) is 4.79 Å². The fraction of sp³-hybridized carbons (Fsp3) is 0.364. The summed E-state index contributed by atoms with van der Waals surface area (Å²) in [5.74, 6) is 1.03. The van der Waals surface area contributed by atoms with E-state index in [4.69, 9.17) is 0 Å². The molecule has 0 aromatic heterocycles. The SMILES string of the molecule is CSCCNCC(=O)Nc1ccccc1. The molecule has 3 nitrogen and oxygen atoms in total. The molecule has 1 amide bonds. The normalized spacial score (nSPS) is 9.93. The van der Waals surface area contributed by atoms with Crippen molar-refractivity contribution in [3.05, 3.63) is 30.3 Å². The minimum atomic E-state index is 0.00213. The van der Waals surface area contributed by atoms with Gasteiger partial charge in [0.15, 0.2) is 0 Å². The van der Waals surface area contributed by atoms with E-state index in [1.54, 1.807) is 11.8 Å². The molecule has 0 spiro atoms. The number of hydrogen-bond acceptors (Lipinski definition) is 3. The first-order chi connectivity index (χ1) is 7.33. The number of para-hydroxylation sites is 1. The Bertz CT molecular complexity index is 290. The summed E-state index contributed by atoms with van der Waals surface area (Å²) >= 11 is 1.76. The summed E-state index contributed by atoms with van der Waals surface area (Å²) in [5.41, 5.74) is 0.842. The van der Waals surface area contributed by atoms with E-state index in [1.807, 2.05) is 36.6 Å². The molecule has 82 valence electrons. The van der Waals surface area contributed by atoms with Crippen molar-refractivity contribution in [1.29, 1.82) is 0 Å². The second kappa shape index (κ2) is 7.31. The molecule has 1 aromatic carbocycles. The smallest absolute Gasteiger partial charge is 0.238 e. The molecule has 0 aliphatic carbocycles. The summed E-state index contributed by atoms with van der Waals surface area (Å²) in [7, 11) is 0. The lowest BCUT2D eigenvalue weighted by Gasteiger charge is -2.05. The molecule has 0 radical (unpaired) electrons. The highest BCUT2D eigenvalue weighted by Gasteiger charge is 1.99. The zero-order chi connectivity index (χ0) is 10.9. The van der Waals surface area contributed by atoms with Gasteiger partial charge in [0.25, 0.3) is 0 Å². The minimum Gasteiger partial charge on any atom is -0.325 e. The van der Waals surface area contributed by atoms with Crippen molar-refractivity contribution in [3.63, 3.8) is 0 Å². The fourth-order valence-corrected chi connectivity index (χ4v) is 1.45. The van der Waals surface area contributed by atoms with Gasteiger partial charge in [-0.25, -0.2) is 0 Å². The van der Waals surface area contributed by atoms with Crippen LogP contribution in [0.5, 0.6) is 0 Å². The maximum atomic E-state index is 11.4.